The minimum absolute atomic E-state index is 0.0497. The molecule has 26 heavy (non-hydrogen) atoms. The molecular formula is C22H29NO3. The van der Waals surface area contributed by atoms with E-state index in [1.807, 2.05) is 42.5 Å². The fraction of sp³-hybridized carbons (Fsp3) is 0.455. The van der Waals surface area contributed by atoms with E-state index < -0.39 is 0 Å². The summed E-state index contributed by atoms with van der Waals surface area (Å²) in [6, 6.07) is 15.3. The van der Waals surface area contributed by atoms with E-state index in [0.717, 1.165) is 25.0 Å². The number of nitrogens with two attached hydrogens (primary N) is 1. The minimum atomic E-state index is -0.169. The molecule has 2 aromatic rings. The highest BCUT2D eigenvalue weighted by molar-refractivity contribution is 5.44. The Kier molecular flexibility index (Phi) is 5.84. The van der Waals surface area contributed by atoms with Crippen LogP contribution in [0.15, 0.2) is 48.5 Å². The zero-order chi connectivity index (χ0) is 18.6. The van der Waals surface area contributed by atoms with Gasteiger partial charge in [-0.1, -0.05) is 38.1 Å². The highest BCUT2D eigenvalue weighted by Gasteiger charge is 2.45. The average molecular weight is 355 g/mol. The lowest BCUT2D eigenvalue weighted by Crippen LogP contribution is -2.57. The second-order valence-electron chi connectivity index (χ2n) is 7.01. The van der Waals surface area contributed by atoms with Gasteiger partial charge in [0.15, 0.2) is 0 Å². The van der Waals surface area contributed by atoms with E-state index in [9.17, 15) is 5.11 Å². The Labute approximate surface area is 155 Å². The number of phenols is 1. The molecule has 3 rings (SSSR count). The molecule has 4 nitrogen and oxygen atoms in total. The number of para-hydroxylation sites is 1. The number of aromatic hydroxyl groups is 1. The van der Waals surface area contributed by atoms with E-state index >= 15 is 0 Å². The van der Waals surface area contributed by atoms with Gasteiger partial charge in [-0.15, -0.1) is 0 Å². The summed E-state index contributed by atoms with van der Waals surface area (Å²) >= 11 is 0. The molecule has 0 bridgehead atoms. The lowest BCUT2D eigenvalue weighted by atomic mass is 9.63. The highest BCUT2D eigenvalue weighted by atomic mass is 16.5. The number of phenolic OH excluding ortho intramolecular Hbond substituents is 1. The molecule has 0 amide bonds. The van der Waals surface area contributed by atoms with Crippen molar-refractivity contribution in [1.82, 2.24) is 0 Å². The quantitative estimate of drug-likeness (QED) is 0.742. The van der Waals surface area contributed by atoms with E-state index in [1.54, 1.807) is 6.07 Å². The SMILES string of the molecule is CCC1(CC)c2cc(O)ccc2CC(OCCOc2ccccc2)C1N. The van der Waals surface area contributed by atoms with Gasteiger partial charge in [-0.05, 0) is 48.2 Å². The van der Waals surface area contributed by atoms with E-state index in [4.69, 9.17) is 15.2 Å². The molecule has 0 spiro atoms. The molecule has 140 valence electrons. The third-order valence-electron chi connectivity index (χ3n) is 5.78. The third kappa shape index (κ3) is 3.57. The molecule has 0 saturated carbocycles. The first-order valence-corrected chi connectivity index (χ1v) is 9.48. The monoisotopic (exact) mass is 355 g/mol. The summed E-state index contributed by atoms with van der Waals surface area (Å²) in [5.41, 5.74) is 8.92. The van der Waals surface area contributed by atoms with Crippen molar-refractivity contribution in [2.45, 2.75) is 50.7 Å². The van der Waals surface area contributed by atoms with Crippen LogP contribution in [-0.2, 0) is 16.6 Å². The van der Waals surface area contributed by atoms with E-state index in [2.05, 4.69) is 13.8 Å². The highest BCUT2D eigenvalue weighted by Crippen LogP contribution is 2.43. The molecule has 0 fully saturated rings. The lowest BCUT2D eigenvalue weighted by molar-refractivity contribution is -0.00710. The number of hydrogen-bond donors (Lipinski definition) is 2. The summed E-state index contributed by atoms with van der Waals surface area (Å²) in [6.45, 7) is 5.33. The van der Waals surface area contributed by atoms with Crippen LogP contribution in [0.2, 0.25) is 0 Å². The van der Waals surface area contributed by atoms with Crippen LogP contribution in [-0.4, -0.2) is 30.5 Å². The fourth-order valence-corrected chi connectivity index (χ4v) is 4.23. The van der Waals surface area contributed by atoms with Gasteiger partial charge in [-0.3, -0.25) is 0 Å². The molecule has 2 aromatic carbocycles. The van der Waals surface area contributed by atoms with Crippen molar-refractivity contribution in [3.63, 3.8) is 0 Å². The van der Waals surface area contributed by atoms with Crippen LogP contribution in [0.3, 0.4) is 0 Å². The molecule has 2 unspecified atom stereocenters. The number of rotatable bonds is 7. The van der Waals surface area contributed by atoms with Crippen molar-refractivity contribution in [2.75, 3.05) is 13.2 Å². The molecule has 0 saturated heterocycles. The summed E-state index contributed by atoms with van der Waals surface area (Å²) in [5.74, 6) is 1.15. The van der Waals surface area contributed by atoms with Gasteiger partial charge in [-0.2, -0.15) is 0 Å². The van der Waals surface area contributed by atoms with Gasteiger partial charge >= 0.3 is 0 Å². The maximum Gasteiger partial charge on any atom is 0.119 e. The topological polar surface area (TPSA) is 64.7 Å². The first kappa shape index (κ1) is 18.7. The van der Waals surface area contributed by atoms with Crippen molar-refractivity contribution in [3.8, 4) is 11.5 Å². The van der Waals surface area contributed by atoms with Crippen molar-refractivity contribution >= 4 is 0 Å². The van der Waals surface area contributed by atoms with Crippen molar-refractivity contribution < 1.29 is 14.6 Å². The predicted octanol–water partition coefficient (Wildman–Crippen LogP) is 3.80. The fourth-order valence-electron chi connectivity index (χ4n) is 4.23. The molecule has 1 aliphatic carbocycles. The maximum absolute atomic E-state index is 9.96. The van der Waals surface area contributed by atoms with Gasteiger partial charge in [0, 0.05) is 17.9 Å². The van der Waals surface area contributed by atoms with Crippen LogP contribution in [0.1, 0.15) is 37.8 Å². The van der Waals surface area contributed by atoms with Crippen LogP contribution in [0.4, 0.5) is 0 Å². The van der Waals surface area contributed by atoms with E-state index in [0.29, 0.717) is 19.0 Å². The predicted molar refractivity (Wildman–Crippen MR) is 104 cm³/mol. The molecular weight excluding hydrogens is 326 g/mol. The number of benzene rings is 2. The van der Waals surface area contributed by atoms with Gasteiger partial charge in [0.05, 0.1) is 12.7 Å². The summed E-state index contributed by atoms with van der Waals surface area (Å²) < 4.78 is 11.9. The summed E-state index contributed by atoms with van der Waals surface area (Å²) in [4.78, 5) is 0. The zero-order valence-corrected chi connectivity index (χ0v) is 15.7. The second-order valence-corrected chi connectivity index (χ2v) is 7.01. The summed E-state index contributed by atoms with van der Waals surface area (Å²) in [7, 11) is 0. The minimum Gasteiger partial charge on any atom is -0.508 e. The Hall–Kier alpha value is -2.04. The van der Waals surface area contributed by atoms with Crippen molar-refractivity contribution in [2.24, 2.45) is 5.73 Å². The van der Waals surface area contributed by atoms with E-state index in [-0.39, 0.29) is 17.6 Å². The number of hydrogen-bond acceptors (Lipinski definition) is 4. The Bertz CT molecular complexity index is 713. The van der Waals surface area contributed by atoms with Crippen LogP contribution in [0, 0.1) is 0 Å². The molecule has 1 aliphatic rings. The maximum atomic E-state index is 9.96. The lowest BCUT2D eigenvalue weighted by Gasteiger charge is -2.47. The number of ether oxygens (including phenoxy) is 2. The Morgan fingerprint density at radius 3 is 2.50 bits per heavy atom. The van der Waals surface area contributed by atoms with Gasteiger partial charge < -0.3 is 20.3 Å². The smallest absolute Gasteiger partial charge is 0.119 e. The zero-order valence-electron chi connectivity index (χ0n) is 15.7. The van der Waals surface area contributed by atoms with Crippen molar-refractivity contribution in [1.29, 1.82) is 0 Å². The van der Waals surface area contributed by atoms with Gasteiger partial charge in [0.1, 0.15) is 18.1 Å². The Morgan fingerprint density at radius 2 is 1.81 bits per heavy atom. The molecule has 0 aromatic heterocycles. The number of fused-ring (bicyclic) bond motifs is 1. The van der Waals surface area contributed by atoms with Crippen molar-refractivity contribution in [3.05, 3.63) is 59.7 Å². The van der Waals surface area contributed by atoms with E-state index in [1.165, 1.54) is 11.1 Å². The Balaban J connectivity index is 1.70. The largest absolute Gasteiger partial charge is 0.508 e. The second kappa shape index (κ2) is 8.11. The first-order valence-electron chi connectivity index (χ1n) is 9.48. The standard InChI is InChI=1S/C22H29NO3/c1-3-22(4-2)19-15-17(24)11-10-16(19)14-20(21(22)23)26-13-12-25-18-8-6-5-7-9-18/h5-11,15,20-21,24H,3-4,12-14,23H2,1-2H3. The molecule has 0 radical (unpaired) electrons. The average Bonchev–Trinajstić information content (AvgIpc) is 2.67. The van der Waals surface area contributed by atoms with Gasteiger partial charge in [0.25, 0.3) is 0 Å². The Morgan fingerprint density at radius 1 is 1.08 bits per heavy atom. The molecule has 4 heteroatoms. The van der Waals surface area contributed by atoms with Crippen LogP contribution in [0.25, 0.3) is 0 Å². The molecule has 2 atom stereocenters. The van der Waals surface area contributed by atoms with Gasteiger partial charge in [-0.25, -0.2) is 0 Å². The molecule has 0 heterocycles. The summed E-state index contributed by atoms with van der Waals surface area (Å²) in [5, 5.41) is 9.96. The van der Waals surface area contributed by atoms with Crippen LogP contribution in [0.5, 0.6) is 11.5 Å². The molecule has 3 N–H and O–H groups in total. The van der Waals surface area contributed by atoms with Crippen LogP contribution < -0.4 is 10.5 Å². The van der Waals surface area contributed by atoms with Gasteiger partial charge in [0.2, 0.25) is 0 Å². The van der Waals surface area contributed by atoms with Crippen LogP contribution >= 0.6 is 0 Å². The molecule has 0 aliphatic heterocycles. The normalized spacial score (nSPS) is 21.2. The summed E-state index contributed by atoms with van der Waals surface area (Å²) in [6.07, 6.45) is 2.55. The first-order chi connectivity index (χ1) is 12.6. The third-order valence-corrected chi connectivity index (χ3v) is 5.78.